The Hall–Kier alpha value is -2.02. The van der Waals surface area contributed by atoms with Crippen LogP contribution in [0.3, 0.4) is 0 Å². The molecule has 1 saturated heterocycles. The van der Waals surface area contributed by atoms with Crippen LogP contribution in [0.25, 0.3) is 0 Å². The number of halogens is 1. The normalized spacial score (nSPS) is 15.5. The highest BCUT2D eigenvalue weighted by atomic mass is 35.5. The fourth-order valence-corrected chi connectivity index (χ4v) is 7.91. The molecule has 216 valence electrons. The number of hydrogen-bond donors (Lipinski definition) is 0. The van der Waals surface area contributed by atoms with E-state index in [0.29, 0.717) is 24.3 Å². The second-order valence-corrected chi connectivity index (χ2v) is 14.2. The maximum atomic E-state index is 13.7. The van der Waals surface area contributed by atoms with Crippen LogP contribution in [0.4, 0.5) is 0 Å². The predicted octanol–water partition coefficient (Wildman–Crippen LogP) is 3.35. The minimum Gasteiger partial charge on any atom is -0.383 e. The first-order valence-corrected chi connectivity index (χ1v) is 16.7. The molecule has 0 aromatic heterocycles. The Kier molecular flexibility index (Phi) is 11.8. The van der Waals surface area contributed by atoms with Gasteiger partial charge < -0.3 is 9.64 Å². The molecule has 0 spiro atoms. The zero-order valence-corrected chi connectivity index (χ0v) is 24.9. The highest BCUT2D eigenvalue weighted by molar-refractivity contribution is 7.89. The minimum absolute atomic E-state index is 0.0596. The van der Waals surface area contributed by atoms with Crippen LogP contribution < -0.4 is 0 Å². The van der Waals surface area contributed by atoms with Gasteiger partial charge in [0.05, 0.1) is 24.7 Å². The first kappa shape index (κ1) is 31.5. The topological polar surface area (TPSA) is 104 Å². The number of amides is 1. The third kappa shape index (κ3) is 9.26. The van der Waals surface area contributed by atoms with E-state index in [9.17, 15) is 21.6 Å². The summed E-state index contributed by atoms with van der Waals surface area (Å²) in [4.78, 5) is 15.4. The van der Waals surface area contributed by atoms with Gasteiger partial charge in [-0.3, -0.25) is 4.79 Å². The third-order valence-electron chi connectivity index (χ3n) is 6.72. The van der Waals surface area contributed by atoms with Crippen LogP contribution in [0.5, 0.6) is 0 Å². The van der Waals surface area contributed by atoms with Crippen LogP contribution in [0, 0.1) is 0 Å². The molecule has 1 heterocycles. The molecule has 1 aliphatic heterocycles. The second-order valence-electron chi connectivity index (χ2n) is 9.67. The summed E-state index contributed by atoms with van der Waals surface area (Å²) in [7, 11) is -5.67. The average molecular weight is 600 g/mol. The number of benzene rings is 2. The lowest BCUT2D eigenvalue weighted by atomic mass is 10.0. The molecule has 0 unspecified atom stereocenters. The Morgan fingerprint density at radius 1 is 1.03 bits per heavy atom. The van der Waals surface area contributed by atoms with Crippen molar-refractivity contribution in [3.05, 3.63) is 70.7 Å². The minimum atomic E-state index is -3.64. The molecular weight excluding hydrogens is 562 g/mol. The SMILES string of the molecule is CCCS(=O)(=O)N(CCOC)CC(=O)N(Cc1cccc(Cl)c1)C1CCN(S(=O)(=O)Cc2ccccc2)CC1. The van der Waals surface area contributed by atoms with Crippen molar-refractivity contribution in [2.75, 3.05) is 45.6 Å². The number of methoxy groups -OCH3 is 1. The largest absolute Gasteiger partial charge is 0.383 e. The maximum Gasteiger partial charge on any atom is 0.238 e. The van der Waals surface area contributed by atoms with Crippen molar-refractivity contribution in [2.24, 2.45) is 0 Å². The Morgan fingerprint density at radius 3 is 2.31 bits per heavy atom. The predicted molar refractivity (Wildman–Crippen MR) is 153 cm³/mol. The van der Waals surface area contributed by atoms with Crippen LogP contribution in [-0.4, -0.2) is 87.9 Å². The summed E-state index contributed by atoms with van der Waals surface area (Å²) in [5.41, 5.74) is 1.54. The summed E-state index contributed by atoms with van der Waals surface area (Å²) in [5, 5.41) is 0.536. The molecule has 3 rings (SSSR count). The summed E-state index contributed by atoms with van der Waals surface area (Å²) in [5.74, 6) is -0.472. The molecule has 0 atom stereocenters. The van der Waals surface area contributed by atoms with Gasteiger partial charge in [-0.1, -0.05) is 61.0 Å². The van der Waals surface area contributed by atoms with E-state index in [0.717, 1.165) is 11.1 Å². The van der Waals surface area contributed by atoms with Gasteiger partial charge in [-0.25, -0.2) is 21.1 Å². The fourth-order valence-electron chi connectivity index (χ4n) is 4.70. The van der Waals surface area contributed by atoms with Crippen molar-refractivity contribution >= 4 is 37.6 Å². The van der Waals surface area contributed by atoms with Gasteiger partial charge in [0.1, 0.15) is 0 Å². The van der Waals surface area contributed by atoms with E-state index in [1.54, 1.807) is 42.2 Å². The number of nitrogens with zero attached hydrogens (tertiary/aromatic N) is 3. The van der Waals surface area contributed by atoms with Crippen molar-refractivity contribution < 1.29 is 26.4 Å². The van der Waals surface area contributed by atoms with Gasteiger partial charge in [0.2, 0.25) is 26.0 Å². The first-order valence-electron chi connectivity index (χ1n) is 13.1. The average Bonchev–Trinajstić information content (AvgIpc) is 2.90. The summed E-state index contributed by atoms with van der Waals surface area (Å²) in [6.45, 7) is 2.51. The molecule has 39 heavy (non-hydrogen) atoms. The van der Waals surface area contributed by atoms with E-state index in [4.69, 9.17) is 16.3 Å². The number of hydrogen-bond acceptors (Lipinski definition) is 6. The highest BCUT2D eigenvalue weighted by Crippen LogP contribution is 2.24. The van der Waals surface area contributed by atoms with E-state index in [1.807, 2.05) is 24.3 Å². The smallest absolute Gasteiger partial charge is 0.238 e. The lowest BCUT2D eigenvalue weighted by Gasteiger charge is -2.39. The number of rotatable bonds is 14. The van der Waals surface area contributed by atoms with E-state index in [1.165, 1.54) is 15.7 Å². The van der Waals surface area contributed by atoms with Crippen molar-refractivity contribution in [3.8, 4) is 0 Å². The molecule has 0 bridgehead atoms. The molecule has 9 nitrogen and oxygen atoms in total. The zero-order valence-electron chi connectivity index (χ0n) is 22.5. The Bertz CT molecular complexity index is 1280. The van der Waals surface area contributed by atoms with Crippen molar-refractivity contribution in [3.63, 3.8) is 0 Å². The molecule has 1 amide bonds. The molecule has 0 N–H and O–H groups in total. The van der Waals surface area contributed by atoms with Gasteiger partial charge in [-0.2, -0.15) is 4.31 Å². The van der Waals surface area contributed by atoms with Crippen LogP contribution >= 0.6 is 11.6 Å². The van der Waals surface area contributed by atoms with Gasteiger partial charge in [-0.15, -0.1) is 0 Å². The molecule has 12 heteroatoms. The molecule has 2 aromatic carbocycles. The third-order valence-corrected chi connectivity index (χ3v) is 10.8. The van der Waals surface area contributed by atoms with E-state index in [2.05, 4.69) is 0 Å². The molecule has 2 aromatic rings. The lowest BCUT2D eigenvalue weighted by Crippen LogP contribution is -2.51. The van der Waals surface area contributed by atoms with Crippen LogP contribution in [0.1, 0.15) is 37.3 Å². The number of carbonyl (C=O) groups is 1. The fraction of sp³-hybridized carbons (Fsp3) is 0.519. The van der Waals surface area contributed by atoms with Crippen LogP contribution in [-0.2, 0) is 41.9 Å². The van der Waals surface area contributed by atoms with Crippen molar-refractivity contribution in [1.82, 2.24) is 13.5 Å². The van der Waals surface area contributed by atoms with Gasteiger partial charge in [0.15, 0.2) is 0 Å². The number of piperidine rings is 1. The molecule has 0 radical (unpaired) electrons. The Morgan fingerprint density at radius 2 is 1.69 bits per heavy atom. The quantitative estimate of drug-likeness (QED) is 0.330. The van der Waals surface area contributed by atoms with Crippen LogP contribution in [0.15, 0.2) is 54.6 Å². The summed E-state index contributed by atoms with van der Waals surface area (Å²) < 4.78 is 59.6. The number of ether oxygens (including phenoxy) is 1. The lowest BCUT2D eigenvalue weighted by molar-refractivity contribution is -0.135. The standard InChI is InChI=1S/C27H38ClN3O6S2/c1-3-18-38(33,34)30(16-17-37-2)21-27(32)31(20-24-10-7-11-25(28)19-24)26-12-14-29(15-13-26)39(35,36)22-23-8-5-4-6-9-23/h4-11,19,26H,3,12-18,20-22H2,1-2H3. The summed E-state index contributed by atoms with van der Waals surface area (Å²) >= 11 is 6.19. The van der Waals surface area contributed by atoms with Crippen molar-refractivity contribution in [1.29, 1.82) is 0 Å². The molecule has 0 aliphatic carbocycles. The zero-order chi connectivity index (χ0) is 28.5. The van der Waals surface area contributed by atoms with Crippen LogP contribution in [0.2, 0.25) is 5.02 Å². The van der Waals surface area contributed by atoms with Gasteiger partial charge >= 0.3 is 0 Å². The maximum absolute atomic E-state index is 13.7. The van der Waals surface area contributed by atoms with E-state index >= 15 is 0 Å². The Labute approximate surface area is 237 Å². The first-order chi connectivity index (χ1) is 18.6. The number of sulfonamides is 2. The molecular formula is C27H38ClN3O6S2. The highest BCUT2D eigenvalue weighted by Gasteiger charge is 2.34. The molecule has 1 aliphatic rings. The van der Waals surface area contributed by atoms with Crippen molar-refractivity contribution in [2.45, 2.75) is 44.5 Å². The number of carbonyl (C=O) groups excluding carboxylic acids is 1. The van der Waals surface area contributed by atoms with Gasteiger partial charge in [0, 0.05) is 44.4 Å². The summed E-state index contributed by atoms with van der Waals surface area (Å²) in [6, 6.07) is 16.0. The Balaban J connectivity index is 1.78. The van der Waals surface area contributed by atoms with Gasteiger partial charge in [0.25, 0.3) is 0 Å². The molecule has 1 fully saturated rings. The second kappa shape index (κ2) is 14.6. The monoisotopic (exact) mass is 599 g/mol. The molecule has 0 saturated carbocycles. The summed E-state index contributed by atoms with van der Waals surface area (Å²) in [6.07, 6.45) is 1.32. The van der Waals surface area contributed by atoms with E-state index in [-0.39, 0.29) is 62.8 Å². The van der Waals surface area contributed by atoms with Gasteiger partial charge in [-0.05, 0) is 42.5 Å². The van der Waals surface area contributed by atoms with E-state index < -0.39 is 20.0 Å².